The lowest BCUT2D eigenvalue weighted by atomic mass is 10.2. The highest BCUT2D eigenvalue weighted by atomic mass is 16.2. The van der Waals surface area contributed by atoms with Crippen molar-refractivity contribution in [1.29, 1.82) is 5.26 Å². The molecule has 2 atom stereocenters. The fourth-order valence-electron chi connectivity index (χ4n) is 1.51. The van der Waals surface area contributed by atoms with Crippen LogP contribution in [0, 0.1) is 11.5 Å². The molecule has 88 valence electrons. The van der Waals surface area contributed by atoms with Crippen molar-refractivity contribution in [3.63, 3.8) is 0 Å². The number of amides is 1. The van der Waals surface area contributed by atoms with E-state index in [1.54, 1.807) is 24.5 Å². The molecule has 0 saturated heterocycles. The van der Waals surface area contributed by atoms with Crippen LogP contribution < -0.4 is 16.4 Å². The fourth-order valence-corrected chi connectivity index (χ4v) is 1.51. The van der Waals surface area contributed by atoms with Gasteiger partial charge in [0.15, 0.2) is 18.4 Å². The van der Waals surface area contributed by atoms with Crippen LogP contribution in [0.3, 0.4) is 0 Å². The first-order valence-corrected chi connectivity index (χ1v) is 4.75. The van der Waals surface area contributed by atoms with Gasteiger partial charge in [-0.15, -0.1) is 0 Å². The number of carbonyl (C=O) groups is 1. The number of carbonyl (C=O) groups excluding carboxylic acids is 1. The van der Waals surface area contributed by atoms with Crippen LogP contribution in [0.15, 0.2) is 15.0 Å². The highest BCUT2D eigenvalue weighted by Crippen LogP contribution is 2.16. The second-order valence-electron chi connectivity index (χ2n) is 3.46. The number of nitrogens with zero attached hydrogens (tertiary/aromatic N) is 5. The quantitative estimate of drug-likeness (QED) is 0.185. The highest BCUT2D eigenvalue weighted by Gasteiger charge is 2.38. The molecule has 2 unspecified atom stereocenters. The van der Waals surface area contributed by atoms with Gasteiger partial charge in [0.2, 0.25) is 11.9 Å². The number of hydrogen-bond donors (Lipinski definition) is 3. The molecule has 9 nitrogen and oxygen atoms in total. The zero-order valence-electron chi connectivity index (χ0n) is 8.95. The predicted molar refractivity (Wildman–Crippen MR) is 59.8 cm³/mol. The average Bonchev–Trinajstić information content (AvgIpc) is 2.61. The number of nitrogens with one attached hydrogen (secondary N) is 2. The van der Waals surface area contributed by atoms with Gasteiger partial charge in [-0.05, 0) is 0 Å². The van der Waals surface area contributed by atoms with Crippen LogP contribution in [-0.4, -0.2) is 48.3 Å². The van der Waals surface area contributed by atoms with Crippen molar-refractivity contribution in [2.24, 2.45) is 20.7 Å². The molecule has 0 aliphatic carbocycles. The van der Waals surface area contributed by atoms with E-state index >= 15 is 0 Å². The topological polar surface area (TPSA) is 131 Å². The van der Waals surface area contributed by atoms with Crippen LogP contribution >= 0.6 is 0 Å². The molecule has 0 aromatic carbocycles. The summed E-state index contributed by atoms with van der Waals surface area (Å²) in [5, 5.41) is 12.9. The standard InChI is InChI=1S/C8H10N8O/c1-16-3-12-4-5(16)13-8(14-6(4)17)15-7(10)11-2-9/h3-5H,1H3,(H4,10,11,13,14,15,17). The molecule has 1 amide bonds. The number of likely N-dealkylation sites (N-methyl/N-ethyl adjacent to an activating group) is 1. The molecule has 0 bridgehead atoms. The van der Waals surface area contributed by atoms with Crippen LogP contribution in [0.2, 0.25) is 0 Å². The Morgan fingerprint density at radius 3 is 3.29 bits per heavy atom. The van der Waals surface area contributed by atoms with Crippen molar-refractivity contribution in [2.75, 3.05) is 7.05 Å². The first-order chi connectivity index (χ1) is 8.11. The molecule has 0 spiro atoms. The number of nitriles is 1. The van der Waals surface area contributed by atoms with Crippen LogP contribution in [0.4, 0.5) is 0 Å². The Morgan fingerprint density at radius 2 is 2.59 bits per heavy atom. The van der Waals surface area contributed by atoms with Gasteiger partial charge in [0.25, 0.3) is 5.91 Å². The SMILES string of the molecule is CN1C=NC2C(=O)NC(N=C(N)NC#N)=NC21. The lowest BCUT2D eigenvalue weighted by Gasteiger charge is -2.24. The fraction of sp³-hybridized carbons (Fsp3) is 0.375. The highest BCUT2D eigenvalue weighted by molar-refractivity contribution is 6.06. The smallest absolute Gasteiger partial charge is 0.255 e. The molecule has 17 heavy (non-hydrogen) atoms. The van der Waals surface area contributed by atoms with E-state index in [0.29, 0.717) is 0 Å². The van der Waals surface area contributed by atoms with E-state index < -0.39 is 12.2 Å². The van der Waals surface area contributed by atoms with E-state index in [1.165, 1.54) is 0 Å². The summed E-state index contributed by atoms with van der Waals surface area (Å²) in [5.74, 6) is -0.366. The summed E-state index contributed by atoms with van der Waals surface area (Å²) in [6.45, 7) is 0. The van der Waals surface area contributed by atoms with Gasteiger partial charge in [-0.25, -0.2) is 4.99 Å². The largest absolute Gasteiger partial charge is 0.369 e. The van der Waals surface area contributed by atoms with Gasteiger partial charge in [0.05, 0.1) is 6.34 Å². The Kier molecular flexibility index (Phi) is 2.61. The molecule has 2 rings (SSSR count). The Hall–Kier alpha value is -2.63. The summed E-state index contributed by atoms with van der Waals surface area (Å²) in [4.78, 5) is 25.3. The van der Waals surface area contributed by atoms with Crippen molar-refractivity contribution in [3.8, 4) is 6.19 Å². The summed E-state index contributed by atoms with van der Waals surface area (Å²) < 4.78 is 0. The first kappa shape index (κ1) is 10.9. The van der Waals surface area contributed by atoms with E-state index in [4.69, 9.17) is 11.0 Å². The maximum atomic E-state index is 11.6. The molecule has 0 aromatic heterocycles. The second kappa shape index (κ2) is 4.09. The molecule has 9 heteroatoms. The molecule has 0 fully saturated rings. The predicted octanol–water partition coefficient (Wildman–Crippen LogP) is -2.47. The van der Waals surface area contributed by atoms with Crippen molar-refractivity contribution in [2.45, 2.75) is 12.2 Å². The van der Waals surface area contributed by atoms with Gasteiger partial charge in [0.1, 0.15) is 0 Å². The molecule has 2 heterocycles. The van der Waals surface area contributed by atoms with Crippen LogP contribution in [0.25, 0.3) is 0 Å². The number of nitrogens with two attached hydrogens (primary N) is 1. The zero-order valence-corrected chi connectivity index (χ0v) is 8.95. The number of hydrogen-bond acceptors (Lipinski definition) is 6. The summed E-state index contributed by atoms with van der Waals surface area (Å²) in [7, 11) is 1.76. The second-order valence-corrected chi connectivity index (χ2v) is 3.46. The maximum absolute atomic E-state index is 11.6. The average molecular weight is 234 g/mol. The molecule has 0 aromatic rings. The number of aliphatic imine (C=N–C) groups is 3. The third kappa shape index (κ3) is 2.00. The van der Waals surface area contributed by atoms with Crippen molar-refractivity contribution in [1.82, 2.24) is 15.5 Å². The Labute approximate surface area is 96.7 Å². The number of guanidine groups is 2. The number of rotatable bonds is 0. The summed E-state index contributed by atoms with van der Waals surface area (Å²) >= 11 is 0. The first-order valence-electron chi connectivity index (χ1n) is 4.75. The van der Waals surface area contributed by atoms with Gasteiger partial charge in [0, 0.05) is 7.05 Å². The van der Waals surface area contributed by atoms with E-state index in [2.05, 4.69) is 25.6 Å². The minimum atomic E-state index is -0.552. The van der Waals surface area contributed by atoms with Crippen LogP contribution in [0.1, 0.15) is 0 Å². The van der Waals surface area contributed by atoms with Crippen molar-refractivity contribution in [3.05, 3.63) is 0 Å². The lowest BCUT2D eigenvalue weighted by molar-refractivity contribution is -0.122. The summed E-state index contributed by atoms with van der Waals surface area (Å²) in [6.07, 6.45) is 2.75. The van der Waals surface area contributed by atoms with E-state index in [1.807, 2.05) is 0 Å². The van der Waals surface area contributed by atoms with Gasteiger partial charge >= 0.3 is 0 Å². The van der Waals surface area contributed by atoms with E-state index in [0.717, 1.165) is 0 Å². The molecule has 2 aliphatic rings. The monoisotopic (exact) mass is 234 g/mol. The van der Waals surface area contributed by atoms with Gasteiger partial charge in [-0.1, -0.05) is 0 Å². The van der Waals surface area contributed by atoms with Gasteiger partial charge in [-0.3, -0.25) is 20.4 Å². The van der Waals surface area contributed by atoms with E-state index in [9.17, 15) is 4.79 Å². The Balaban J connectivity index is 2.21. The lowest BCUT2D eigenvalue weighted by Crippen LogP contribution is -2.50. The third-order valence-electron chi connectivity index (χ3n) is 2.28. The van der Waals surface area contributed by atoms with Crippen molar-refractivity contribution >= 4 is 24.2 Å². The molecule has 0 saturated carbocycles. The van der Waals surface area contributed by atoms with Gasteiger partial charge < -0.3 is 10.6 Å². The van der Waals surface area contributed by atoms with Crippen LogP contribution in [0.5, 0.6) is 0 Å². The molecule has 4 N–H and O–H groups in total. The molecular formula is C8H10N8O. The van der Waals surface area contributed by atoms with Crippen LogP contribution in [-0.2, 0) is 4.79 Å². The minimum Gasteiger partial charge on any atom is -0.369 e. The molecule has 2 aliphatic heterocycles. The Bertz CT molecular complexity index is 472. The normalized spacial score (nSPS) is 27.1. The van der Waals surface area contributed by atoms with E-state index in [-0.39, 0.29) is 17.8 Å². The zero-order chi connectivity index (χ0) is 12.4. The van der Waals surface area contributed by atoms with Gasteiger partial charge in [-0.2, -0.15) is 10.3 Å². The third-order valence-corrected chi connectivity index (χ3v) is 2.28. The summed E-state index contributed by atoms with van der Waals surface area (Å²) in [6, 6.07) is -0.552. The molecular weight excluding hydrogens is 224 g/mol. The minimum absolute atomic E-state index is 0.0638. The van der Waals surface area contributed by atoms with Crippen molar-refractivity contribution < 1.29 is 4.79 Å². The number of fused-ring (bicyclic) bond motifs is 1. The Morgan fingerprint density at radius 1 is 1.82 bits per heavy atom. The molecule has 0 radical (unpaired) electrons. The maximum Gasteiger partial charge on any atom is 0.255 e. The summed E-state index contributed by atoms with van der Waals surface area (Å²) in [5.41, 5.74) is 5.37.